The predicted molar refractivity (Wildman–Crippen MR) is 108 cm³/mol. The number of hydrogen-bond acceptors (Lipinski definition) is 4. The van der Waals surface area contributed by atoms with Crippen molar-refractivity contribution in [3.05, 3.63) is 70.8 Å². The Labute approximate surface area is 158 Å². The SMILES string of the molecule is CCCCCCNC(=O)c1nc2ccccc2c(=O)n1Nc1ccccc1. The average molecular weight is 364 g/mol. The molecule has 27 heavy (non-hydrogen) atoms. The smallest absolute Gasteiger partial charge is 0.289 e. The van der Waals surface area contributed by atoms with Crippen molar-refractivity contribution in [2.24, 2.45) is 0 Å². The van der Waals surface area contributed by atoms with Crippen LogP contribution >= 0.6 is 0 Å². The first-order valence-electron chi connectivity index (χ1n) is 9.32. The van der Waals surface area contributed by atoms with Crippen LogP contribution in [0.2, 0.25) is 0 Å². The Hall–Kier alpha value is -3.15. The van der Waals surface area contributed by atoms with Gasteiger partial charge >= 0.3 is 0 Å². The van der Waals surface area contributed by atoms with E-state index in [4.69, 9.17) is 0 Å². The Morgan fingerprint density at radius 1 is 1.00 bits per heavy atom. The van der Waals surface area contributed by atoms with Gasteiger partial charge in [-0.15, -0.1) is 0 Å². The molecule has 0 fully saturated rings. The van der Waals surface area contributed by atoms with Crippen LogP contribution in [0.5, 0.6) is 0 Å². The van der Waals surface area contributed by atoms with Crippen molar-refractivity contribution < 1.29 is 4.79 Å². The zero-order valence-electron chi connectivity index (χ0n) is 15.4. The molecule has 0 radical (unpaired) electrons. The van der Waals surface area contributed by atoms with Crippen LogP contribution in [0.1, 0.15) is 43.2 Å². The number of para-hydroxylation sites is 2. The molecular formula is C21H24N4O2. The number of unbranched alkanes of at least 4 members (excludes halogenated alkanes) is 3. The molecule has 0 aliphatic carbocycles. The number of nitrogens with one attached hydrogen (secondary N) is 2. The highest BCUT2D eigenvalue weighted by Crippen LogP contribution is 2.10. The molecule has 0 saturated carbocycles. The van der Waals surface area contributed by atoms with Crippen LogP contribution in [0.15, 0.2) is 59.4 Å². The van der Waals surface area contributed by atoms with E-state index in [0.29, 0.717) is 23.1 Å². The summed E-state index contributed by atoms with van der Waals surface area (Å²) in [5.74, 6) is -0.309. The Balaban J connectivity index is 1.93. The van der Waals surface area contributed by atoms with E-state index in [1.165, 1.54) is 4.68 Å². The summed E-state index contributed by atoms with van der Waals surface area (Å²) in [6, 6.07) is 16.3. The molecule has 2 N–H and O–H groups in total. The van der Waals surface area contributed by atoms with Crippen LogP contribution in [0.25, 0.3) is 10.9 Å². The van der Waals surface area contributed by atoms with Crippen molar-refractivity contribution in [1.29, 1.82) is 0 Å². The molecule has 6 nitrogen and oxygen atoms in total. The molecular weight excluding hydrogens is 340 g/mol. The maximum absolute atomic E-state index is 13.0. The molecule has 3 rings (SSSR count). The molecule has 0 atom stereocenters. The second-order valence-electron chi connectivity index (χ2n) is 6.39. The van der Waals surface area contributed by atoms with Crippen LogP contribution in [-0.4, -0.2) is 22.1 Å². The fourth-order valence-corrected chi connectivity index (χ4v) is 2.86. The van der Waals surface area contributed by atoms with Gasteiger partial charge in [0, 0.05) is 6.54 Å². The zero-order valence-corrected chi connectivity index (χ0v) is 15.4. The Morgan fingerprint density at radius 2 is 1.74 bits per heavy atom. The maximum Gasteiger partial charge on any atom is 0.289 e. The summed E-state index contributed by atoms with van der Waals surface area (Å²) < 4.78 is 1.22. The van der Waals surface area contributed by atoms with Crippen molar-refractivity contribution in [2.45, 2.75) is 32.6 Å². The van der Waals surface area contributed by atoms with Gasteiger partial charge in [-0.2, -0.15) is 4.68 Å². The van der Waals surface area contributed by atoms with Crippen molar-refractivity contribution in [1.82, 2.24) is 15.0 Å². The quantitative estimate of drug-likeness (QED) is 0.599. The first-order chi connectivity index (χ1) is 13.2. The van der Waals surface area contributed by atoms with Gasteiger partial charge in [-0.25, -0.2) is 4.98 Å². The van der Waals surface area contributed by atoms with Crippen LogP contribution in [0.3, 0.4) is 0 Å². The highest BCUT2D eigenvalue weighted by atomic mass is 16.2. The zero-order chi connectivity index (χ0) is 19.1. The van der Waals surface area contributed by atoms with E-state index in [-0.39, 0.29) is 17.3 Å². The molecule has 3 aromatic rings. The maximum atomic E-state index is 13.0. The first-order valence-corrected chi connectivity index (χ1v) is 9.32. The number of anilines is 1. The van der Waals surface area contributed by atoms with E-state index in [1.807, 2.05) is 30.3 Å². The van der Waals surface area contributed by atoms with Crippen LogP contribution in [0, 0.1) is 0 Å². The lowest BCUT2D eigenvalue weighted by Crippen LogP contribution is -2.37. The molecule has 1 heterocycles. The third-order valence-electron chi connectivity index (χ3n) is 4.31. The summed E-state index contributed by atoms with van der Waals surface area (Å²) in [7, 11) is 0. The fourth-order valence-electron chi connectivity index (χ4n) is 2.86. The number of hydrogen-bond donors (Lipinski definition) is 2. The number of amides is 1. The highest BCUT2D eigenvalue weighted by Gasteiger charge is 2.17. The third-order valence-corrected chi connectivity index (χ3v) is 4.31. The number of nitrogens with zero attached hydrogens (tertiary/aromatic N) is 2. The molecule has 1 aromatic heterocycles. The van der Waals surface area contributed by atoms with Gasteiger partial charge in [0.2, 0.25) is 5.82 Å². The highest BCUT2D eigenvalue weighted by molar-refractivity contribution is 5.93. The third kappa shape index (κ3) is 4.53. The van der Waals surface area contributed by atoms with Gasteiger partial charge in [-0.3, -0.25) is 15.0 Å². The lowest BCUT2D eigenvalue weighted by molar-refractivity contribution is 0.0938. The predicted octanol–water partition coefficient (Wildman–Crippen LogP) is 3.58. The molecule has 2 aromatic carbocycles. The standard InChI is InChI=1S/C21H24N4O2/c1-2-3-4-10-15-22-20(26)19-23-18-14-9-8-13-17(18)21(27)25(19)24-16-11-6-5-7-12-16/h5-9,11-14,24H,2-4,10,15H2,1H3,(H,22,26). The lowest BCUT2D eigenvalue weighted by atomic mass is 10.2. The first kappa shape index (κ1) is 18.6. The van der Waals surface area contributed by atoms with E-state index in [1.54, 1.807) is 24.3 Å². The van der Waals surface area contributed by atoms with Gasteiger partial charge in [0.15, 0.2) is 0 Å². The molecule has 0 spiro atoms. The van der Waals surface area contributed by atoms with E-state index in [0.717, 1.165) is 25.7 Å². The van der Waals surface area contributed by atoms with Gasteiger partial charge in [0.05, 0.1) is 16.6 Å². The van der Waals surface area contributed by atoms with E-state index in [2.05, 4.69) is 22.7 Å². The van der Waals surface area contributed by atoms with E-state index < -0.39 is 0 Å². The Morgan fingerprint density at radius 3 is 2.52 bits per heavy atom. The molecule has 1 amide bonds. The number of benzene rings is 2. The van der Waals surface area contributed by atoms with E-state index >= 15 is 0 Å². The number of carbonyl (C=O) groups excluding carboxylic acids is 1. The van der Waals surface area contributed by atoms with Gasteiger partial charge in [0.25, 0.3) is 11.5 Å². The van der Waals surface area contributed by atoms with E-state index in [9.17, 15) is 9.59 Å². The van der Waals surface area contributed by atoms with Crippen LogP contribution in [0.4, 0.5) is 5.69 Å². The number of rotatable bonds is 8. The summed E-state index contributed by atoms with van der Waals surface area (Å²) in [5, 5.41) is 3.33. The molecule has 0 saturated heterocycles. The fraction of sp³-hybridized carbons (Fsp3) is 0.286. The summed E-state index contributed by atoms with van der Waals surface area (Å²) in [6.45, 7) is 2.71. The summed E-state index contributed by atoms with van der Waals surface area (Å²) in [6.07, 6.45) is 4.26. The monoisotopic (exact) mass is 364 g/mol. The van der Waals surface area contributed by atoms with Gasteiger partial charge in [0.1, 0.15) is 0 Å². The molecule has 6 heteroatoms. The molecule has 0 bridgehead atoms. The molecule has 0 unspecified atom stereocenters. The summed E-state index contributed by atoms with van der Waals surface area (Å²) in [5.41, 5.74) is 3.91. The van der Waals surface area contributed by atoms with Crippen molar-refractivity contribution in [3.63, 3.8) is 0 Å². The summed E-state index contributed by atoms with van der Waals surface area (Å²) >= 11 is 0. The second kappa shape index (κ2) is 8.98. The minimum atomic E-state index is -0.363. The minimum Gasteiger partial charge on any atom is -0.349 e. The van der Waals surface area contributed by atoms with Crippen LogP contribution < -0.4 is 16.3 Å². The van der Waals surface area contributed by atoms with Crippen LogP contribution in [-0.2, 0) is 0 Å². The average Bonchev–Trinajstić information content (AvgIpc) is 2.70. The summed E-state index contributed by atoms with van der Waals surface area (Å²) in [4.78, 5) is 30.1. The topological polar surface area (TPSA) is 76.0 Å². The van der Waals surface area contributed by atoms with Gasteiger partial charge in [-0.05, 0) is 30.7 Å². The largest absolute Gasteiger partial charge is 0.349 e. The van der Waals surface area contributed by atoms with Gasteiger partial charge < -0.3 is 5.32 Å². The lowest BCUT2D eigenvalue weighted by Gasteiger charge is -2.15. The van der Waals surface area contributed by atoms with Crippen molar-refractivity contribution in [2.75, 3.05) is 12.0 Å². The molecule has 0 aliphatic heterocycles. The second-order valence-corrected chi connectivity index (χ2v) is 6.39. The molecule has 140 valence electrons. The van der Waals surface area contributed by atoms with Gasteiger partial charge in [-0.1, -0.05) is 56.5 Å². The minimum absolute atomic E-state index is 0.0537. The number of aromatic nitrogens is 2. The molecule has 0 aliphatic rings. The Bertz CT molecular complexity index is 967. The van der Waals surface area contributed by atoms with Crippen molar-refractivity contribution in [3.8, 4) is 0 Å². The normalized spacial score (nSPS) is 10.7. The van der Waals surface area contributed by atoms with Crippen molar-refractivity contribution >= 4 is 22.5 Å². The number of carbonyl (C=O) groups is 1. The Kier molecular flexibility index (Phi) is 6.20. The number of fused-ring (bicyclic) bond motifs is 1.